The number of halogens is 1. The summed E-state index contributed by atoms with van der Waals surface area (Å²) in [5, 5.41) is 0. The Morgan fingerprint density at radius 3 is 2.05 bits per heavy atom. The van der Waals surface area contributed by atoms with Crippen molar-refractivity contribution in [2.45, 2.75) is 57.7 Å². The molecule has 0 bridgehead atoms. The second kappa shape index (κ2) is 6.48. The zero-order valence-corrected chi connectivity index (χ0v) is 13.6. The van der Waals surface area contributed by atoms with Crippen LogP contribution >= 0.6 is 12.4 Å². The highest BCUT2D eigenvalue weighted by Crippen LogP contribution is 2.37. The molecule has 0 radical (unpaired) electrons. The van der Waals surface area contributed by atoms with E-state index in [1.807, 2.05) is 6.07 Å². The Hall–Kier alpha value is -0.545. The van der Waals surface area contributed by atoms with Gasteiger partial charge in [-0.3, -0.25) is 0 Å². The predicted octanol–water partition coefficient (Wildman–Crippen LogP) is 3.00. The van der Waals surface area contributed by atoms with Crippen LogP contribution in [0.15, 0.2) is 30.3 Å². The molecule has 1 fully saturated rings. The first-order valence-corrected chi connectivity index (χ1v) is 6.97. The highest BCUT2D eigenvalue weighted by Gasteiger charge is 2.52. The first-order chi connectivity index (χ1) is 8.82. The molecule has 20 heavy (non-hydrogen) atoms. The third kappa shape index (κ3) is 3.76. The molecule has 1 aromatic rings. The molecule has 2 rings (SSSR count). The largest absolute Gasteiger partial charge is 0.475 e. The third-order valence-corrected chi connectivity index (χ3v) is 4.23. The van der Waals surface area contributed by atoms with Gasteiger partial charge in [0.2, 0.25) is 0 Å². The molecule has 1 atom stereocenters. The molecule has 2 N–H and O–H groups in total. The van der Waals surface area contributed by atoms with E-state index in [4.69, 9.17) is 15.0 Å². The van der Waals surface area contributed by atoms with Crippen LogP contribution in [-0.4, -0.2) is 24.3 Å². The van der Waals surface area contributed by atoms with Crippen molar-refractivity contribution in [2.24, 2.45) is 5.73 Å². The van der Waals surface area contributed by atoms with E-state index in [9.17, 15) is 0 Å². The van der Waals surface area contributed by atoms with Gasteiger partial charge in [0.05, 0.1) is 11.2 Å². The highest BCUT2D eigenvalue weighted by molar-refractivity contribution is 6.47. The predicted molar refractivity (Wildman–Crippen MR) is 86.1 cm³/mol. The van der Waals surface area contributed by atoms with Gasteiger partial charge >= 0.3 is 7.12 Å². The summed E-state index contributed by atoms with van der Waals surface area (Å²) in [6.45, 7) is 8.21. The van der Waals surface area contributed by atoms with Crippen LogP contribution in [0.5, 0.6) is 0 Å². The number of benzene rings is 1. The third-order valence-electron chi connectivity index (χ3n) is 4.23. The lowest BCUT2D eigenvalue weighted by Crippen LogP contribution is -2.41. The Kier molecular flexibility index (Phi) is 5.67. The second-order valence-corrected chi connectivity index (χ2v) is 6.31. The summed E-state index contributed by atoms with van der Waals surface area (Å²) in [6, 6.07) is 10.4. The van der Waals surface area contributed by atoms with Crippen LogP contribution in [0.3, 0.4) is 0 Å². The fourth-order valence-electron chi connectivity index (χ4n) is 2.18. The van der Waals surface area contributed by atoms with Crippen molar-refractivity contribution < 1.29 is 9.31 Å². The fraction of sp³-hybridized carbons (Fsp3) is 0.600. The summed E-state index contributed by atoms with van der Waals surface area (Å²) in [4.78, 5) is 0. The van der Waals surface area contributed by atoms with Crippen molar-refractivity contribution in [1.29, 1.82) is 0 Å². The Bertz CT molecular complexity index is 409. The minimum Gasteiger partial charge on any atom is -0.402 e. The Labute approximate surface area is 128 Å². The van der Waals surface area contributed by atoms with Crippen molar-refractivity contribution in [3.8, 4) is 0 Å². The van der Waals surface area contributed by atoms with Crippen molar-refractivity contribution in [3.63, 3.8) is 0 Å². The van der Waals surface area contributed by atoms with Gasteiger partial charge in [-0.1, -0.05) is 30.3 Å². The van der Waals surface area contributed by atoms with Crippen LogP contribution in [0, 0.1) is 0 Å². The van der Waals surface area contributed by atoms with E-state index in [1.165, 1.54) is 5.56 Å². The van der Waals surface area contributed by atoms with Crippen LogP contribution in [0.4, 0.5) is 0 Å². The molecular formula is C15H25BClNO2. The van der Waals surface area contributed by atoms with Gasteiger partial charge in [0.25, 0.3) is 0 Å². The van der Waals surface area contributed by atoms with Crippen LogP contribution in [-0.2, 0) is 15.7 Å². The average molecular weight is 298 g/mol. The Balaban J connectivity index is 0.00000200. The van der Waals surface area contributed by atoms with Crippen molar-refractivity contribution in [3.05, 3.63) is 35.9 Å². The van der Waals surface area contributed by atoms with Gasteiger partial charge in [-0.15, -0.1) is 12.4 Å². The number of aryl methyl sites for hydroxylation is 1. The SMILES string of the molecule is CC1(C)OB(C(N)CCc2ccccc2)OC1(C)C.Cl. The summed E-state index contributed by atoms with van der Waals surface area (Å²) in [5.74, 6) is -0.0961. The number of hydrogen-bond donors (Lipinski definition) is 1. The maximum Gasteiger partial charge on any atom is 0.475 e. The molecule has 0 aliphatic carbocycles. The molecular weight excluding hydrogens is 272 g/mol. The maximum atomic E-state index is 6.22. The first-order valence-electron chi connectivity index (χ1n) is 6.97. The van der Waals surface area contributed by atoms with Gasteiger partial charge < -0.3 is 15.0 Å². The zero-order valence-electron chi connectivity index (χ0n) is 12.8. The molecule has 3 nitrogen and oxygen atoms in total. The maximum absolute atomic E-state index is 6.22. The van der Waals surface area contributed by atoms with E-state index >= 15 is 0 Å². The molecule has 0 spiro atoms. The highest BCUT2D eigenvalue weighted by atomic mass is 35.5. The van der Waals surface area contributed by atoms with Gasteiger partial charge in [0.15, 0.2) is 0 Å². The number of rotatable bonds is 4. The molecule has 1 aliphatic heterocycles. The monoisotopic (exact) mass is 297 g/mol. The van der Waals surface area contributed by atoms with Crippen molar-refractivity contribution in [2.75, 3.05) is 0 Å². The van der Waals surface area contributed by atoms with Gasteiger partial charge in [-0.05, 0) is 46.1 Å². The number of hydrogen-bond acceptors (Lipinski definition) is 3. The van der Waals surface area contributed by atoms with Gasteiger partial charge in [-0.25, -0.2) is 0 Å². The molecule has 0 amide bonds. The van der Waals surface area contributed by atoms with E-state index in [2.05, 4.69) is 52.0 Å². The van der Waals surface area contributed by atoms with Crippen molar-refractivity contribution in [1.82, 2.24) is 0 Å². The zero-order chi connectivity index (χ0) is 14.1. The molecule has 112 valence electrons. The fourth-order valence-corrected chi connectivity index (χ4v) is 2.18. The lowest BCUT2D eigenvalue weighted by molar-refractivity contribution is 0.00578. The minimum absolute atomic E-state index is 0. The standard InChI is InChI=1S/C15H24BNO2.ClH/c1-14(2)15(3,4)19-16(18-14)13(17)11-10-12-8-6-5-7-9-12;/h5-9,13H,10-11,17H2,1-4H3;1H. The molecule has 1 saturated heterocycles. The lowest BCUT2D eigenvalue weighted by atomic mass is 9.76. The van der Waals surface area contributed by atoms with Crippen LogP contribution in [0.1, 0.15) is 39.7 Å². The molecule has 1 aromatic carbocycles. The average Bonchev–Trinajstić information content (AvgIpc) is 2.57. The Morgan fingerprint density at radius 2 is 1.55 bits per heavy atom. The van der Waals surface area contributed by atoms with E-state index in [1.54, 1.807) is 0 Å². The minimum atomic E-state index is -0.311. The van der Waals surface area contributed by atoms with Crippen LogP contribution in [0.2, 0.25) is 0 Å². The van der Waals surface area contributed by atoms with E-state index < -0.39 is 0 Å². The Morgan fingerprint density at radius 1 is 1.05 bits per heavy atom. The quantitative estimate of drug-likeness (QED) is 0.869. The van der Waals surface area contributed by atoms with Crippen molar-refractivity contribution >= 4 is 19.5 Å². The summed E-state index contributed by atoms with van der Waals surface area (Å²) >= 11 is 0. The molecule has 1 unspecified atom stereocenters. The molecule has 1 aliphatic rings. The second-order valence-electron chi connectivity index (χ2n) is 6.31. The smallest absolute Gasteiger partial charge is 0.402 e. The summed E-state index contributed by atoms with van der Waals surface area (Å²) in [5.41, 5.74) is 6.91. The van der Waals surface area contributed by atoms with Crippen LogP contribution < -0.4 is 5.73 Å². The molecule has 1 heterocycles. The van der Waals surface area contributed by atoms with Gasteiger partial charge in [0, 0.05) is 5.94 Å². The van der Waals surface area contributed by atoms with Gasteiger partial charge in [0.1, 0.15) is 0 Å². The normalized spacial score (nSPS) is 21.4. The first kappa shape index (κ1) is 17.5. The lowest BCUT2D eigenvalue weighted by Gasteiger charge is -2.32. The summed E-state index contributed by atoms with van der Waals surface area (Å²) in [6.07, 6.45) is 1.81. The number of nitrogens with two attached hydrogens (primary N) is 1. The van der Waals surface area contributed by atoms with Gasteiger partial charge in [-0.2, -0.15) is 0 Å². The molecule has 0 aromatic heterocycles. The summed E-state index contributed by atoms with van der Waals surface area (Å²) < 4.78 is 11.9. The molecule has 0 saturated carbocycles. The van der Waals surface area contributed by atoms with E-state index in [-0.39, 0.29) is 36.7 Å². The van der Waals surface area contributed by atoms with Crippen LogP contribution in [0.25, 0.3) is 0 Å². The van der Waals surface area contributed by atoms with E-state index in [0.717, 1.165) is 12.8 Å². The molecule has 5 heteroatoms. The summed E-state index contributed by atoms with van der Waals surface area (Å²) in [7, 11) is -0.311. The van der Waals surface area contributed by atoms with E-state index in [0.29, 0.717) is 0 Å². The topological polar surface area (TPSA) is 44.5 Å².